The molecule has 0 spiro atoms. The third-order valence-corrected chi connectivity index (χ3v) is 4.27. The molecule has 0 aliphatic rings. The van der Waals surface area contributed by atoms with Crippen LogP contribution in [0.4, 0.5) is 4.39 Å². The van der Waals surface area contributed by atoms with Gasteiger partial charge < -0.3 is 15.7 Å². The molecule has 0 fully saturated rings. The maximum Gasteiger partial charge on any atom is 0.326 e. The second-order valence-corrected chi connectivity index (χ2v) is 6.45. The lowest BCUT2D eigenvalue weighted by Gasteiger charge is -2.16. The van der Waals surface area contributed by atoms with Crippen LogP contribution in [-0.2, 0) is 20.8 Å². The van der Waals surface area contributed by atoms with E-state index in [1.807, 2.05) is 37.3 Å². The predicted molar refractivity (Wildman–Crippen MR) is 102 cm³/mol. The van der Waals surface area contributed by atoms with Gasteiger partial charge in [-0.1, -0.05) is 48.5 Å². The second kappa shape index (κ2) is 10.2. The Labute approximate surface area is 162 Å². The molecule has 28 heavy (non-hydrogen) atoms. The van der Waals surface area contributed by atoms with Gasteiger partial charge in [-0.2, -0.15) is 0 Å². The van der Waals surface area contributed by atoms with Gasteiger partial charge in [0.15, 0.2) is 0 Å². The highest BCUT2D eigenvalue weighted by Crippen LogP contribution is 2.12. The van der Waals surface area contributed by atoms with Crippen LogP contribution in [-0.4, -0.2) is 28.9 Å². The van der Waals surface area contributed by atoms with E-state index in [9.17, 15) is 23.9 Å². The number of halogens is 1. The first kappa shape index (κ1) is 21.1. The first-order valence-electron chi connectivity index (χ1n) is 8.96. The van der Waals surface area contributed by atoms with Gasteiger partial charge in [-0.3, -0.25) is 9.59 Å². The minimum Gasteiger partial charge on any atom is -0.480 e. The topological polar surface area (TPSA) is 95.5 Å². The number of carboxylic acid groups (broad SMARTS) is 1. The van der Waals surface area contributed by atoms with Crippen LogP contribution in [0.2, 0.25) is 0 Å². The third-order valence-electron chi connectivity index (χ3n) is 4.27. The number of carbonyl (C=O) groups excluding carboxylic acids is 2. The van der Waals surface area contributed by atoms with E-state index in [0.717, 1.165) is 5.56 Å². The zero-order valence-corrected chi connectivity index (χ0v) is 15.5. The monoisotopic (exact) mass is 386 g/mol. The van der Waals surface area contributed by atoms with Crippen molar-refractivity contribution in [1.82, 2.24) is 10.6 Å². The molecule has 3 N–H and O–H groups in total. The van der Waals surface area contributed by atoms with Crippen LogP contribution in [0, 0.1) is 5.82 Å². The Kier molecular flexibility index (Phi) is 7.68. The van der Waals surface area contributed by atoms with Crippen molar-refractivity contribution >= 4 is 17.8 Å². The molecule has 0 saturated heterocycles. The molecular weight excluding hydrogens is 363 g/mol. The van der Waals surface area contributed by atoms with E-state index < -0.39 is 23.7 Å². The zero-order valence-electron chi connectivity index (χ0n) is 15.5. The van der Waals surface area contributed by atoms with E-state index in [0.29, 0.717) is 0 Å². The van der Waals surface area contributed by atoms with Crippen molar-refractivity contribution in [3.8, 4) is 0 Å². The Balaban J connectivity index is 1.83. The second-order valence-electron chi connectivity index (χ2n) is 6.45. The normalized spacial score (nSPS) is 12.6. The molecule has 6 nitrogen and oxygen atoms in total. The molecule has 2 aromatic carbocycles. The number of amides is 2. The molecule has 0 aliphatic carbocycles. The number of aliphatic carboxylic acids is 1. The number of hydrogen-bond acceptors (Lipinski definition) is 3. The first-order valence-corrected chi connectivity index (χ1v) is 8.96. The average molecular weight is 386 g/mol. The summed E-state index contributed by atoms with van der Waals surface area (Å²) in [4.78, 5) is 35.4. The summed E-state index contributed by atoms with van der Waals surface area (Å²) < 4.78 is 13.7. The van der Waals surface area contributed by atoms with Crippen LogP contribution < -0.4 is 10.6 Å². The largest absolute Gasteiger partial charge is 0.480 e. The summed E-state index contributed by atoms with van der Waals surface area (Å²) in [5.74, 6) is -2.69. The number of rotatable bonds is 9. The molecule has 0 unspecified atom stereocenters. The fourth-order valence-electron chi connectivity index (χ4n) is 2.72. The maximum absolute atomic E-state index is 13.7. The highest BCUT2D eigenvalue weighted by molar-refractivity contribution is 5.87. The maximum atomic E-state index is 13.7. The Morgan fingerprint density at radius 1 is 0.929 bits per heavy atom. The molecule has 0 aliphatic heterocycles. The van der Waals surface area contributed by atoms with Crippen molar-refractivity contribution < 1.29 is 23.9 Å². The number of benzene rings is 2. The molecule has 2 atom stereocenters. The molecular formula is C21H23FN2O4. The predicted octanol–water partition coefficient (Wildman–Crippen LogP) is 2.60. The minimum absolute atomic E-state index is 0.0744. The molecule has 148 valence electrons. The van der Waals surface area contributed by atoms with Crippen molar-refractivity contribution in [3.63, 3.8) is 0 Å². The van der Waals surface area contributed by atoms with E-state index in [1.54, 1.807) is 6.07 Å². The average Bonchev–Trinajstić information content (AvgIpc) is 2.68. The van der Waals surface area contributed by atoms with E-state index >= 15 is 0 Å². The van der Waals surface area contributed by atoms with Gasteiger partial charge >= 0.3 is 5.97 Å². The molecule has 0 saturated carbocycles. The summed E-state index contributed by atoms with van der Waals surface area (Å²) in [6.07, 6.45) is -0.408. The molecule has 2 amide bonds. The summed E-state index contributed by atoms with van der Waals surface area (Å²) in [6, 6.07) is 13.7. The molecule has 0 heterocycles. The van der Waals surface area contributed by atoms with Crippen molar-refractivity contribution in [2.75, 3.05) is 0 Å². The van der Waals surface area contributed by atoms with Crippen LogP contribution >= 0.6 is 0 Å². The minimum atomic E-state index is -1.27. The molecule has 0 bridgehead atoms. The van der Waals surface area contributed by atoms with Gasteiger partial charge in [-0.25, -0.2) is 9.18 Å². The van der Waals surface area contributed by atoms with Crippen molar-refractivity contribution in [2.24, 2.45) is 0 Å². The van der Waals surface area contributed by atoms with Gasteiger partial charge in [0.25, 0.3) is 0 Å². The standard InChI is InChI=1S/C21H23FN2O4/c1-14(15-7-3-2-4-8-15)23-19(25)11-12-20(26)24-18(21(27)28)13-16-9-5-6-10-17(16)22/h2-10,14,18H,11-13H2,1H3,(H,23,25)(H,24,26)(H,27,28)/t14-,18-/m1/s1. The van der Waals surface area contributed by atoms with Gasteiger partial charge in [-0.05, 0) is 24.1 Å². The first-order chi connectivity index (χ1) is 13.4. The van der Waals surface area contributed by atoms with E-state index in [2.05, 4.69) is 10.6 Å². The zero-order chi connectivity index (χ0) is 20.5. The van der Waals surface area contributed by atoms with Crippen LogP contribution in [0.1, 0.15) is 36.9 Å². The van der Waals surface area contributed by atoms with Crippen molar-refractivity contribution in [2.45, 2.75) is 38.3 Å². The third kappa shape index (κ3) is 6.50. The lowest BCUT2D eigenvalue weighted by molar-refractivity contribution is -0.141. The quantitative estimate of drug-likeness (QED) is 0.617. The fourth-order valence-corrected chi connectivity index (χ4v) is 2.72. The Morgan fingerprint density at radius 2 is 1.50 bits per heavy atom. The van der Waals surface area contributed by atoms with E-state index in [1.165, 1.54) is 18.2 Å². The lowest BCUT2D eigenvalue weighted by atomic mass is 10.0. The summed E-state index contributed by atoms with van der Waals surface area (Å²) in [6.45, 7) is 1.84. The highest BCUT2D eigenvalue weighted by atomic mass is 19.1. The molecule has 0 radical (unpaired) electrons. The lowest BCUT2D eigenvalue weighted by Crippen LogP contribution is -2.42. The van der Waals surface area contributed by atoms with Crippen LogP contribution in [0.5, 0.6) is 0 Å². The molecule has 2 aromatic rings. The van der Waals surface area contributed by atoms with Gasteiger partial charge in [-0.15, -0.1) is 0 Å². The SMILES string of the molecule is C[C@@H](NC(=O)CCC(=O)N[C@H](Cc1ccccc1F)C(=O)O)c1ccccc1. The molecule has 0 aromatic heterocycles. The Morgan fingerprint density at radius 3 is 2.11 bits per heavy atom. The van der Waals surface area contributed by atoms with Crippen LogP contribution in [0.25, 0.3) is 0 Å². The van der Waals surface area contributed by atoms with Gasteiger partial charge in [0.1, 0.15) is 11.9 Å². The number of nitrogens with one attached hydrogen (secondary N) is 2. The smallest absolute Gasteiger partial charge is 0.326 e. The van der Waals surface area contributed by atoms with Crippen molar-refractivity contribution in [3.05, 3.63) is 71.5 Å². The number of carbonyl (C=O) groups is 3. The van der Waals surface area contributed by atoms with Crippen LogP contribution in [0.3, 0.4) is 0 Å². The van der Waals surface area contributed by atoms with Gasteiger partial charge in [0, 0.05) is 19.3 Å². The number of hydrogen-bond donors (Lipinski definition) is 3. The van der Waals surface area contributed by atoms with E-state index in [-0.39, 0.29) is 36.8 Å². The summed E-state index contributed by atoms with van der Waals surface area (Å²) in [7, 11) is 0. The fraction of sp³-hybridized carbons (Fsp3) is 0.286. The molecule has 2 rings (SSSR count). The summed E-state index contributed by atoms with van der Waals surface area (Å²) in [5.41, 5.74) is 1.14. The summed E-state index contributed by atoms with van der Waals surface area (Å²) >= 11 is 0. The van der Waals surface area contributed by atoms with Gasteiger partial charge in [0.05, 0.1) is 6.04 Å². The van der Waals surface area contributed by atoms with Gasteiger partial charge in [0.2, 0.25) is 11.8 Å². The molecule has 7 heteroatoms. The highest BCUT2D eigenvalue weighted by Gasteiger charge is 2.22. The summed E-state index contributed by atoms with van der Waals surface area (Å²) in [5, 5.41) is 14.4. The van der Waals surface area contributed by atoms with E-state index in [4.69, 9.17) is 0 Å². The number of carboxylic acids is 1. The van der Waals surface area contributed by atoms with Crippen molar-refractivity contribution in [1.29, 1.82) is 0 Å². The van der Waals surface area contributed by atoms with Crippen LogP contribution in [0.15, 0.2) is 54.6 Å². The Hall–Kier alpha value is -3.22. The Bertz CT molecular complexity index is 826.